The summed E-state index contributed by atoms with van der Waals surface area (Å²) in [5.74, 6) is 5.30. The SMILES string of the molecule is CC(C)C(C)NS(=O)(=O)c1ccc([N+](=O)[O-])c(NN)c1. The van der Waals surface area contributed by atoms with Gasteiger partial charge in [-0.2, -0.15) is 0 Å². The number of sulfonamides is 1. The van der Waals surface area contributed by atoms with Crippen LogP contribution in [-0.4, -0.2) is 19.4 Å². The summed E-state index contributed by atoms with van der Waals surface area (Å²) >= 11 is 0. The molecule has 112 valence electrons. The molecule has 0 saturated carbocycles. The summed E-state index contributed by atoms with van der Waals surface area (Å²) in [6, 6.07) is 3.15. The minimum Gasteiger partial charge on any atom is -0.318 e. The molecule has 0 radical (unpaired) electrons. The number of nitro groups is 1. The van der Waals surface area contributed by atoms with Crippen molar-refractivity contribution < 1.29 is 13.3 Å². The number of nitrogens with two attached hydrogens (primary N) is 1. The topological polar surface area (TPSA) is 127 Å². The lowest BCUT2D eigenvalue weighted by Gasteiger charge is -2.17. The van der Waals surface area contributed by atoms with Gasteiger partial charge >= 0.3 is 0 Å². The van der Waals surface area contributed by atoms with E-state index in [1.807, 2.05) is 13.8 Å². The van der Waals surface area contributed by atoms with E-state index in [-0.39, 0.29) is 28.2 Å². The monoisotopic (exact) mass is 302 g/mol. The van der Waals surface area contributed by atoms with Crippen LogP contribution in [-0.2, 0) is 10.0 Å². The second-order valence-electron chi connectivity index (χ2n) is 4.73. The maximum absolute atomic E-state index is 12.1. The minimum atomic E-state index is -3.75. The summed E-state index contributed by atoms with van der Waals surface area (Å²) in [6.45, 7) is 5.52. The van der Waals surface area contributed by atoms with Crippen molar-refractivity contribution in [3.05, 3.63) is 28.3 Å². The molecule has 8 nitrogen and oxygen atoms in total. The molecule has 0 aliphatic heterocycles. The Morgan fingerprint density at radius 2 is 1.90 bits per heavy atom. The van der Waals surface area contributed by atoms with Gasteiger partial charge in [0.2, 0.25) is 10.0 Å². The molecule has 0 aromatic heterocycles. The quantitative estimate of drug-likeness (QED) is 0.411. The van der Waals surface area contributed by atoms with Gasteiger partial charge in [-0.15, -0.1) is 0 Å². The number of hydrogen-bond donors (Lipinski definition) is 3. The Bertz CT molecular complexity index is 600. The third kappa shape index (κ3) is 3.65. The molecule has 0 aliphatic carbocycles. The van der Waals surface area contributed by atoms with Crippen molar-refractivity contribution >= 4 is 21.4 Å². The summed E-state index contributed by atoms with van der Waals surface area (Å²) in [5, 5.41) is 10.8. The first-order chi connectivity index (χ1) is 9.19. The number of nitrogens with zero attached hydrogens (tertiary/aromatic N) is 1. The number of rotatable bonds is 6. The minimum absolute atomic E-state index is 0.0601. The van der Waals surface area contributed by atoms with Crippen molar-refractivity contribution in [2.45, 2.75) is 31.7 Å². The third-order valence-corrected chi connectivity index (χ3v) is 4.53. The van der Waals surface area contributed by atoms with Crippen LogP contribution in [0, 0.1) is 16.0 Å². The lowest BCUT2D eigenvalue weighted by molar-refractivity contribution is -0.384. The van der Waals surface area contributed by atoms with E-state index in [9.17, 15) is 18.5 Å². The third-order valence-electron chi connectivity index (χ3n) is 2.97. The van der Waals surface area contributed by atoms with Gasteiger partial charge in [-0.05, 0) is 25.0 Å². The van der Waals surface area contributed by atoms with Gasteiger partial charge in [0, 0.05) is 12.1 Å². The zero-order valence-electron chi connectivity index (χ0n) is 11.5. The van der Waals surface area contributed by atoms with E-state index in [1.165, 1.54) is 6.07 Å². The summed E-state index contributed by atoms with van der Waals surface area (Å²) in [7, 11) is -3.75. The highest BCUT2D eigenvalue weighted by molar-refractivity contribution is 7.89. The molecule has 1 atom stereocenters. The zero-order chi connectivity index (χ0) is 15.5. The number of nitro benzene ring substituents is 1. The molecule has 0 saturated heterocycles. The van der Waals surface area contributed by atoms with E-state index in [1.54, 1.807) is 6.92 Å². The lowest BCUT2D eigenvalue weighted by atomic mass is 10.1. The Morgan fingerprint density at radius 1 is 1.30 bits per heavy atom. The van der Waals surface area contributed by atoms with Gasteiger partial charge in [-0.25, -0.2) is 13.1 Å². The van der Waals surface area contributed by atoms with Crippen molar-refractivity contribution in [3.8, 4) is 0 Å². The van der Waals surface area contributed by atoms with Gasteiger partial charge in [0.15, 0.2) is 0 Å². The number of anilines is 1. The first-order valence-corrected chi connectivity index (χ1v) is 7.44. The second-order valence-corrected chi connectivity index (χ2v) is 6.45. The molecule has 0 heterocycles. The van der Waals surface area contributed by atoms with Crippen LogP contribution in [0.2, 0.25) is 0 Å². The van der Waals surface area contributed by atoms with E-state index in [0.717, 1.165) is 12.1 Å². The molecule has 9 heteroatoms. The number of nitrogens with one attached hydrogen (secondary N) is 2. The van der Waals surface area contributed by atoms with Crippen molar-refractivity contribution in [2.24, 2.45) is 11.8 Å². The molecule has 1 aromatic carbocycles. The van der Waals surface area contributed by atoms with E-state index in [4.69, 9.17) is 5.84 Å². The first-order valence-electron chi connectivity index (χ1n) is 5.96. The van der Waals surface area contributed by atoms with E-state index < -0.39 is 14.9 Å². The summed E-state index contributed by atoms with van der Waals surface area (Å²) < 4.78 is 26.8. The Labute approximate surface area is 117 Å². The maximum Gasteiger partial charge on any atom is 0.293 e. The number of benzene rings is 1. The molecule has 0 spiro atoms. The number of hydrazine groups is 1. The molecular formula is C11H18N4O4S. The summed E-state index contributed by atoms with van der Waals surface area (Å²) in [4.78, 5) is 10.0. The Kier molecular flexibility index (Phi) is 5.03. The summed E-state index contributed by atoms with van der Waals surface area (Å²) in [6.07, 6.45) is 0. The van der Waals surface area contributed by atoms with Crippen molar-refractivity contribution in [1.82, 2.24) is 4.72 Å². The van der Waals surface area contributed by atoms with Crippen LogP contribution in [0.4, 0.5) is 11.4 Å². The fourth-order valence-electron chi connectivity index (χ4n) is 1.41. The number of hydrogen-bond acceptors (Lipinski definition) is 6. The molecular weight excluding hydrogens is 284 g/mol. The maximum atomic E-state index is 12.1. The lowest BCUT2D eigenvalue weighted by Crippen LogP contribution is -2.36. The first kappa shape index (κ1) is 16.3. The molecule has 4 N–H and O–H groups in total. The van der Waals surface area contributed by atoms with Crippen LogP contribution >= 0.6 is 0 Å². The van der Waals surface area contributed by atoms with Crippen LogP contribution in [0.1, 0.15) is 20.8 Å². The van der Waals surface area contributed by atoms with Gasteiger partial charge in [-0.1, -0.05) is 13.8 Å². The Morgan fingerprint density at radius 3 is 2.35 bits per heavy atom. The van der Waals surface area contributed by atoms with E-state index >= 15 is 0 Å². The molecule has 1 unspecified atom stereocenters. The largest absolute Gasteiger partial charge is 0.318 e. The van der Waals surface area contributed by atoms with Gasteiger partial charge in [0.05, 0.1) is 9.82 Å². The Balaban J connectivity index is 3.17. The average molecular weight is 302 g/mol. The van der Waals surface area contributed by atoms with Gasteiger partial charge in [0.1, 0.15) is 5.69 Å². The van der Waals surface area contributed by atoms with Crippen molar-refractivity contribution in [1.29, 1.82) is 0 Å². The fraction of sp³-hybridized carbons (Fsp3) is 0.455. The van der Waals surface area contributed by atoms with Crippen molar-refractivity contribution in [2.75, 3.05) is 5.43 Å². The van der Waals surface area contributed by atoms with Crippen LogP contribution in [0.5, 0.6) is 0 Å². The van der Waals surface area contributed by atoms with Crippen LogP contribution < -0.4 is 16.0 Å². The standard InChI is InChI=1S/C11H18N4O4S/c1-7(2)8(3)14-20(18,19)9-4-5-11(15(16)17)10(6-9)13-12/h4-8,13-14H,12H2,1-3H3. The van der Waals surface area contributed by atoms with E-state index in [2.05, 4.69) is 10.1 Å². The average Bonchev–Trinajstić information content (AvgIpc) is 2.37. The van der Waals surface area contributed by atoms with Crippen LogP contribution in [0.15, 0.2) is 23.1 Å². The predicted octanol–water partition coefficient (Wildman–Crippen LogP) is 1.20. The number of nitrogen functional groups attached to an aromatic ring is 1. The highest BCUT2D eigenvalue weighted by atomic mass is 32.2. The van der Waals surface area contributed by atoms with Crippen LogP contribution in [0.3, 0.4) is 0 Å². The fourth-order valence-corrected chi connectivity index (χ4v) is 2.82. The molecule has 0 bridgehead atoms. The molecule has 0 amide bonds. The van der Waals surface area contributed by atoms with Crippen LogP contribution in [0.25, 0.3) is 0 Å². The molecule has 1 aromatic rings. The highest BCUT2D eigenvalue weighted by Crippen LogP contribution is 2.26. The van der Waals surface area contributed by atoms with E-state index in [0.29, 0.717) is 0 Å². The molecule has 0 fully saturated rings. The molecule has 0 aliphatic rings. The smallest absolute Gasteiger partial charge is 0.293 e. The van der Waals surface area contributed by atoms with Gasteiger partial charge in [-0.3, -0.25) is 16.0 Å². The summed E-state index contributed by atoms with van der Waals surface area (Å²) in [5.41, 5.74) is 1.78. The predicted molar refractivity (Wildman–Crippen MR) is 75.5 cm³/mol. The molecule has 1 rings (SSSR count). The second kappa shape index (κ2) is 6.16. The normalized spacial score (nSPS) is 13.2. The Hall–Kier alpha value is -1.71. The zero-order valence-corrected chi connectivity index (χ0v) is 12.3. The highest BCUT2D eigenvalue weighted by Gasteiger charge is 2.22. The van der Waals surface area contributed by atoms with Gasteiger partial charge in [0.25, 0.3) is 5.69 Å². The van der Waals surface area contributed by atoms with Crippen molar-refractivity contribution in [3.63, 3.8) is 0 Å². The molecule has 20 heavy (non-hydrogen) atoms. The van der Waals surface area contributed by atoms with Gasteiger partial charge < -0.3 is 5.43 Å².